The lowest BCUT2D eigenvalue weighted by molar-refractivity contribution is 0.0661. The Morgan fingerprint density at radius 2 is 1.96 bits per heavy atom. The van der Waals surface area contributed by atoms with Crippen molar-refractivity contribution in [3.63, 3.8) is 0 Å². The molecule has 0 spiro atoms. The molecule has 6 nitrogen and oxygen atoms in total. The lowest BCUT2D eigenvalue weighted by Gasteiger charge is -2.03. The average molecular weight is 412 g/mol. The number of carboxylic acids is 1. The van der Waals surface area contributed by atoms with E-state index in [1.165, 1.54) is 29.2 Å². The number of aromatic carboxylic acids is 1. The Labute approximate surface area is 168 Å². The van der Waals surface area contributed by atoms with Crippen LogP contribution in [0.2, 0.25) is 0 Å². The maximum Gasteiger partial charge on any atom is 0.371 e. The van der Waals surface area contributed by atoms with E-state index in [-0.39, 0.29) is 11.3 Å². The lowest BCUT2D eigenvalue weighted by Crippen LogP contribution is -2.08. The van der Waals surface area contributed by atoms with E-state index in [1.807, 2.05) is 38.1 Å². The average Bonchev–Trinajstić information content (AvgIpc) is 3.25. The van der Waals surface area contributed by atoms with E-state index in [9.17, 15) is 9.59 Å². The standard InChI is InChI=1S/C20H16N2O4S2/c1-10-3-5-12(6-4-10)15-11(2)28-18-16(15)17(23)21-20(22-18)27-9-13-7-8-14(26-13)19(24)25/h3-8H,9H2,1-2H3,(H,24,25)(H,21,22,23). The molecule has 0 aliphatic rings. The van der Waals surface area contributed by atoms with Gasteiger partial charge in [0.15, 0.2) is 5.16 Å². The van der Waals surface area contributed by atoms with E-state index in [2.05, 4.69) is 9.97 Å². The van der Waals surface area contributed by atoms with Gasteiger partial charge in [0, 0.05) is 10.4 Å². The third-order valence-corrected chi connectivity index (χ3v) is 6.17. The second-order valence-electron chi connectivity index (χ2n) is 6.31. The highest BCUT2D eigenvalue weighted by Crippen LogP contribution is 2.36. The minimum Gasteiger partial charge on any atom is -0.475 e. The molecule has 4 aromatic rings. The van der Waals surface area contributed by atoms with Crippen molar-refractivity contribution in [3.05, 3.63) is 68.7 Å². The first-order chi connectivity index (χ1) is 13.4. The molecule has 28 heavy (non-hydrogen) atoms. The Bertz CT molecular complexity index is 1240. The number of rotatable bonds is 5. The third-order valence-electron chi connectivity index (χ3n) is 4.28. The molecule has 3 aromatic heterocycles. The summed E-state index contributed by atoms with van der Waals surface area (Å²) in [5.41, 5.74) is 2.90. The minimum atomic E-state index is -1.11. The predicted molar refractivity (Wildman–Crippen MR) is 110 cm³/mol. The molecule has 2 N–H and O–H groups in total. The molecule has 0 fully saturated rings. The van der Waals surface area contributed by atoms with E-state index < -0.39 is 5.97 Å². The van der Waals surface area contributed by atoms with Crippen LogP contribution >= 0.6 is 23.1 Å². The van der Waals surface area contributed by atoms with Gasteiger partial charge >= 0.3 is 5.97 Å². The number of nitrogens with zero attached hydrogens (tertiary/aromatic N) is 1. The van der Waals surface area contributed by atoms with Crippen LogP contribution in [0, 0.1) is 13.8 Å². The van der Waals surface area contributed by atoms with Crippen LogP contribution in [0.25, 0.3) is 21.3 Å². The van der Waals surface area contributed by atoms with E-state index >= 15 is 0 Å². The van der Waals surface area contributed by atoms with Gasteiger partial charge in [-0.1, -0.05) is 41.6 Å². The summed E-state index contributed by atoms with van der Waals surface area (Å²) in [7, 11) is 0. The zero-order valence-electron chi connectivity index (χ0n) is 15.1. The summed E-state index contributed by atoms with van der Waals surface area (Å²) in [5, 5.41) is 9.99. The Morgan fingerprint density at radius 3 is 2.64 bits per heavy atom. The number of H-pyrrole nitrogens is 1. The summed E-state index contributed by atoms with van der Waals surface area (Å²) in [6.45, 7) is 4.02. The maximum atomic E-state index is 12.8. The molecule has 0 amide bonds. The van der Waals surface area contributed by atoms with Crippen molar-refractivity contribution in [2.75, 3.05) is 0 Å². The van der Waals surface area contributed by atoms with Gasteiger partial charge in [0.2, 0.25) is 5.76 Å². The number of carboxylic acid groups (broad SMARTS) is 1. The zero-order chi connectivity index (χ0) is 19.8. The topological polar surface area (TPSA) is 96.2 Å². The highest BCUT2D eigenvalue weighted by Gasteiger charge is 2.17. The van der Waals surface area contributed by atoms with Crippen molar-refractivity contribution >= 4 is 39.3 Å². The molecule has 0 atom stereocenters. The molecule has 8 heteroatoms. The minimum absolute atomic E-state index is 0.107. The molecular formula is C20H16N2O4S2. The molecule has 0 unspecified atom stereocenters. The van der Waals surface area contributed by atoms with Crippen molar-refractivity contribution in [1.82, 2.24) is 9.97 Å². The summed E-state index contributed by atoms with van der Waals surface area (Å²) in [6, 6.07) is 11.1. The number of fused-ring (bicyclic) bond motifs is 1. The van der Waals surface area contributed by atoms with Crippen molar-refractivity contribution in [2.24, 2.45) is 0 Å². The number of hydrogen-bond donors (Lipinski definition) is 2. The zero-order valence-corrected chi connectivity index (χ0v) is 16.7. The molecule has 4 rings (SSSR count). The predicted octanol–water partition coefficient (Wildman–Crippen LogP) is 4.85. The third kappa shape index (κ3) is 3.48. The monoisotopic (exact) mass is 412 g/mol. The summed E-state index contributed by atoms with van der Waals surface area (Å²) in [6.07, 6.45) is 0. The molecule has 0 saturated carbocycles. The molecule has 0 bridgehead atoms. The first kappa shape index (κ1) is 18.5. The van der Waals surface area contributed by atoms with E-state index in [0.29, 0.717) is 26.9 Å². The van der Waals surface area contributed by atoms with Crippen LogP contribution in [0.5, 0.6) is 0 Å². The van der Waals surface area contributed by atoms with Crippen LogP contribution in [-0.2, 0) is 5.75 Å². The highest BCUT2D eigenvalue weighted by molar-refractivity contribution is 7.98. The van der Waals surface area contributed by atoms with Gasteiger partial charge in [0.25, 0.3) is 5.56 Å². The number of aryl methyl sites for hydroxylation is 2. The normalized spacial score (nSPS) is 11.2. The van der Waals surface area contributed by atoms with Crippen molar-refractivity contribution in [2.45, 2.75) is 24.8 Å². The molecule has 142 valence electrons. The number of nitrogens with one attached hydrogen (secondary N) is 1. The largest absolute Gasteiger partial charge is 0.475 e. The van der Waals surface area contributed by atoms with Gasteiger partial charge < -0.3 is 14.5 Å². The molecule has 1 aromatic carbocycles. The summed E-state index contributed by atoms with van der Waals surface area (Å²) < 4.78 is 5.24. The highest BCUT2D eigenvalue weighted by atomic mass is 32.2. The number of aromatic nitrogens is 2. The number of carbonyl (C=O) groups is 1. The molecule has 0 aliphatic heterocycles. The van der Waals surface area contributed by atoms with Gasteiger partial charge in [0.1, 0.15) is 10.6 Å². The second kappa shape index (κ2) is 7.29. The summed E-state index contributed by atoms with van der Waals surface area (Å²) in [5.74, 6) is -0.337. The fourth-order valence-electron chi connectivity index (χ4n) is 2.95. The molecule has 0 saturated heterocycles. The van der Waals surface area contributed by atoms with Gasteiger partial charge in [-0.05, 0) is 31.5 Å². The van der Waals surface area contributed by atoms with Crippen molar-refractivity contribution in [1.29, 1.82) is 0 Å². The fourth-order valence-corrected chi connectivity index (χ4v) is 4.80. The summed E-state index contributed by atoms with van der Waals surface area (Å²) in [4.78, 5) is 32.8. The van der Waals surface area contributed by atoms with Gasteiger partial charge in [-0.15, -0.1) is 11.3 Å². The number of thioether (sulfide) groups is 1. The Hall–Kier alpha value is -2.84. The van der Waals surface area contributed by atoms with E-state index in [4.69, 9.17) is 9.52 Å². The summed E-state index contributed by atoms with van der Waals surface area (Å²) >= 11 is 2.78. The quantitative estimate of drug-likeness (QED) is 0.359. The van der Waals surface area contributed by atoms with Crippen LogP contribution in [0.4, 0.5) is 0 Å². The Kier molecular flexibility index (Phi) is 4.82. The molecule has 0 aliphatic carbocycles. The number of thiophene rings is 1. The molecule has 3 heterocycles. The van der Waals surface area contributed by atoms with Crippen LogP contribution in [0.3, 0.4) is 0 Å². The van der Waals surface area contributed by atoms with E-state index in [0.717, 1.165) is 21.6 Å². The maximum absolute atomic E-state index is 12.8. The number of hydrogen-bond acceptors (Lipinski definition) is 6. The smallest absolute Gasteiger partial charge is 0.371 e. The Balaban J connectivity index is 1.66. The number of benzene rings is 1. The van der Waals surface area contributed by atoms with Crippen molar-refractivity contribution < 1.29 is 14.3 Å². The number of aromatic amines is 1. The molecule has 0 radical (unpaired) electrons. The SMILES string of the molecule is Cc1ccc(-c2c(C)sc3nc(SCc4ccc(C(=O)O)o4)[nH]c(=O)c23)cc1. The Morgan fingerprint density at radius 1 is 1.21 bits per heavy atom. The van der Waals surface area contributed by atoms with Gasteiger partial charge in [-0.2, -0.15) is 0 Å². The van der Waals surface area contributed by atoms with Crippen LogP contribution in [0.15, 0.2) is 50.8 Å². The first-order valence-corrected chi connectivity index (χ1v) is 10.3. The van der Waals surface area contributed by atoms with Crippen molar-refractivity contribution in [3.8, 4) is 11.1 Å². The van der Waals surface area contributed by atoms with Gasteiger partial charge in [-0.3, -0.25) is 4.79 Å². The van der Waals surface area contributed by atoms with Crippen LogP contribution in [0.1, 0.15) is 26.8 Å². The lowest BCUT2D eigenvalue weighted by atomic mass is 10.0. The van der Waals surface area contributed by atoms with Gasteiger partial charge in [-0.25, -0.2) is 9.78 Å². The van der Waals surface area contributed by atoms with Crippen LogP contribution < -0.4 is 5.56 Å². The fraction of sp³-hybridized carbons (Fsp3) is 0.150. The second-order valence-corrected chi connectivity index (χ2v) is 8.48. The van der Waals surface area contributed by atoms with Gasteiger partial charge in [0.05, 0.1) is 11.1 Å². The van der Waals surface area contributed by atoms with Crippen LogP contribution in [-0.4, -0.2) is 21.0 Å². The molecular weight excluding hydrogens is 396 g/mol. The number of furan rings is 1. The first-order valence-electron chi connectivity index (χ1n) is 8.47. The van der Waals surface area contributed by atoms with E-state index in [1.54, 1.807) is 6.07 Å².